The number of hydrogen-bond acceptors (Lipinski definition) is 8. The number of nitrogens with one attached hydrogen (secondary N) is 1. The fourth-order valence-electron chi connectivity index (χ4n) is 4.92. The number of fused-ring (bicyclic) bond motifs is 1. The van der Waals surface area contributed by atoms with E-state index in [9.17, 15) is 9.59 Å². The summed E-state index contributed by atoms with van der Waals surface area (Å²) in [6.07, 6.45) is 7.24. The summed E-state index contributed by atoms with van der Waals surface area (Å²) in [5, 5.41) is 3.43. The van der Waals surface area contributed by atoms with Gasteiger partial charge in [0.2, 0.25) is 0 Å². The first kappa shape index (κ1) is 21.4. The Morgan fingerprint density at radius 1 is 1.21 bits per heavy atom. The van der Waals surface area contributed by atoms with Crippen molar-refractivity contribution in [2.75, 3.05) is 18.9 Å². The highest BCUT2D eigenvalue weighted by atomic mass is 16.2. The van der Waals surface area contributed by atoms with Crippen LogP contribution in [0.25, 0.3) is 22.6 Å². The predicted octanol–water partition coefficient (Wildman–Crippen LogP) is 1.03. The monoisotopic (exact) mass is 450 g/mol. The zero-order valence-corrected chi connectivity index (χ0v) is 19.0. The summed E-state index contributed by atoms with van der Waals surface area (Å²) in [6.45, 7) is 4.99. The molecule has 11 nitrogen and oxygen atoms in total. The third kappa shape index (κ3) is 3.62. The number of carbonyl (C=O) groups excluding carboxylic acids is 2. The van der Waals surface area contributed by atoms with Crippen LogP contribution < -0.4 is 11.1 Å². The summed E-state index contributed by atoms with van der Waals surface area (Å²) in [6, 6.07) is -0.701. The number of aryl methyl sites for hydroxylation is 2. The van der Waals surface area contributed by atoms with Crippen LogP contribution in [-0.2, 0) is 16.1 Å². The van der Waals surface area contributed by atoms with Gasteiger partial charge in [-0.15, -0.1) is 0 Å². The molecule has 3 aromatic heterocycles. The first-order chi connectivity index (χ1) is 15.8. The Kier molecular flexibility index (Phi) is 5.08. The number of rotatable bonds is 6. The normalized spacial score (nSPS) is 24.8. The number of primary amides is 1. The minimum absolute atomic E-state index is 0.0425. The van der Waals surface area contributed by atoms with Crippen molar-refractivity contribution in [1.82, 2.24) is 29.5 Å². The number of likely N-dealkylation sites (N-methyl/N-ethyl adjacent to an activating group) is 1. The molecule has 3 N–H and O–H groups in total. The number of likely N-dealkylation sites (tertiary alicyclic amines) is 1. The van der Waals surface area contributed by atoms with Crippen molar-refractivity contribution < 1.29 is 14.1 Å². The van der Waals surface area contributed by atoms with E-state index in [2.05, 4.69) is 25.3 Å². The van der Waals surface area contributed by atoms with Gasteiger partial charge in [0.15, 0.2) is 23.0 Å². The fourth-order valence-corrected chi connectivity index (χ4v) is 4.92. The van der Waals surface area contributed by atoms with E-state index in [1.54, 1.807) is 12.4 Å². The van der Waals surface area contributed by atoms with Crippen LogP contribution in [0.15, 0.2) is 18.7 Å². The van der Waals surface area contributed by atoms with Crippen molar-refractivity contribution in [3.63, 3.8) is 0 Å². The van der Waals surface area contributed by atoms with Crippen molar-refractivity contribution in [2.45, 2.75) is 51.7 Å². The van der Waals surface area contributed by atoms with Crippen molar-refractivity contribution in [1.29, 1.82) is 0 Å². The SMILES string of the molecule is CCn1c(-c2cnc(C)nc2)nc2c(NC3C[C@H](C(N)=O)[N+](C)(C(=O)C4CC4)C3)ncnc21. The molecule has 2 fully saturated rings. The van der Waals surface area contributed by atoms with E-state index < -0.39 is 11.9 Å². The molecule has 3 atom stereocenters. The molecule has 1 saturated carbocycles. The zero-order chi connectivity index (χ0) is 23.3. The Morgan fingerprint density at radius 3 is 2.58 bits per heavy atom. The maximum absolute atomic E-state index is 13.0. The Labute approximate surface area is 191 Å². The van der Waals surface area contributed by atoms with Crippen molar-refractivity contribution in [3.05, 3.63) is 24.5 Å². The Morgan fingerprint density at radius 2 is 1.94 bits per heavy atom. The molecule has 0 spiro atoms. The Balaban J connectivity index is 1.49. The molecular formula is C22H28N9O2+. The van der Waals surface area contributed by atoms with Crippen molar-refractivity contribution >= 4 is 28.8 Å². The van der Waals surface area contributed by atoms with Crippen LogP contribution in [0.3, 0.4) is 0 Å². The van der Waals surface area contributed by atoms with Crippen molar-refractivity contribution in [2.24, 2.45) is 11.7 Å². The van der Waals surface area contributed by atoms with Gasteiger partial charge in [-0.2, -0.15) is 0 Å². The minimum Gasteiger partial charge on any atom is -0.364 e. The molecular weight excluding hydrogens is 422 g/mol. The number of hydrogen-bond donors (Lipinski definition) is 2. The largest absolute Gasteiger partial charge is 0.364 e. The van der Waals surface area contributed by atoms with Gasteiger partial charge >= 0.3 is 5.91 Å². The third-order valence-electron chi connectivity index (χ3n) is 6.78. The van der Waals surface area contributed by atoms with E-state index in [1.807, 2.05) is 25.5 Å². The van der Waals surface area contributed by atoms with Crippen LogP contribution in [0.5, 0.6) is 0 Å². The maximum atomic E-state index is 13.0. The first-order valence-corrected chi connectivity index (χ1v) is 11.3. The number of nitrogens with two attached hydrogens (primary N) is 1. The van der Waals surface area contributed by atoms with Crippen LogP contribution in [0.1, 0.15) is 32.0 Å². The average Bonchev–Trinajstić information content (AvgIpc) is 3.48. The molecule has 1 aliphatic carbocycles. The number of quaternary nitrogens is 1. The molecule has 2 amide bonds. The number of imidazole rings is 1. The summed E-state index contributed by atoms with van der Waals surface area (Å²) in [4.78, 5) is 47.5. The number of aromatic nitrogens is 6. The lowest BCUT2D eigenvalue weighted by molar-refractivity contribution is -0.838. The summed E-state index contributed by atoms with van der Waals surface area (Å²) in [5.41, 5.74) is 7.82. The molecule has 1 aliphatic heterocycles. The van der Waals surface area contributed by atoms with Crippen LogP contribution in [0, 0.1) is 12.8 Å². The van der Waals surface area contributed by atoms with Gasteiger partial charge in [-0.25, -0.2) is 29.7 Å². The molecule has 4 heterocycles. The standard InChI is InChI=1S/C22H27N9O2/c1-4-30-20(14-8-24-12(2)25-9-14)29-17-19(26-11-27-21(17)30)28-15-7-16(18(23)32)31(3,10-15)22(33)13-5-6-13/h8-9,11,13,15-16H,4-7,10H2,1-3H3,(H2-,23,26,27,28,32)/p+1/t15?,16-,31?/m1/s1. The molecule has 0 bridgehead atoms. The van der Waals surface area contributed by atoms with E-state index in [0.717, 1.165) is 18.4 Å². The highest BCUT2D eigenvalue weighted by Crippen LogP contribution is 2.38. The second-order valence-corrected chi connectivity index (χ2v) is 9.15. The average molecular weight is 451 g/mol. The van der Waals surface area contributed by atoms with Gasteiger partial charge in [-0.1, -0.05) is 0 Å². The molecule has 11 heteroatoms. The number of anilines is 1. The lowest BCUT2D eigenvalue weighted by atomic mass is 10.1. The van der Waals surface area contributed by atoms with Crippen molar-refractivity contribution in [3.8, 4) is 11.4 Å². The summed E-state index contributed by atoms with van der Waals surface area (Å²) in [7, 11) is 1.83. The molecule has 172 valence electrons. The Bertz CT molecular complexity index is 1230. The van der Waals surface area contributed by atoms with E-state index in [0.29, 0.717) is 48.1 Å². The van der Waals surface area contributed by atoms with Crippen LogP contribution in [0.4, 0.5) is 5.82 Å². The fraction of sp³-hybridized carbons (Fsp3) is 0.500. The second kappa shape index (κ2) is 7.84. The molecule has 2 unspecified atom stereocenters. The van der Waals surface area contributed by atoms with Crippen LogP contribution >= 0.6 is 0 Å². The predicted molar refractivity (Wildman–Crippen MR) is 121 cm³/mol. The highest BCUT2D eigenvalue weighted by Gasteiger charge is 2.55. The number of carbonyl (C=O) groups is 2. The summed E-state index contributed by atoms with van der Waals surface area (Å²) >= 11 is 0. The number of amides is 2. The molecule has 2 aliphatic rings. The van der Waals surface area contributed by atoms with Gasteiger partial charge in [0.25, 0.3) is 5.91 Å². The highest BCUT2D eigenvalue weighted by molar-refractivity contribution is 5.87. The lowest BCUT2D eigenvalue weighted by Gasteiger charge is -2.31. The lowest BCUT2D eigenvalue weighted by Crippen LogP contribution is -2.58. The van der Waals surface area contributed by atoms with E-state index >= 15 is 0 Å². The van der Waals surface area contributed by atoms with E-state index in [-0.39, 0.29) is 22.3 Å². The van der Waals surface area contributed by atoms with Gasteiger partial charge in [-0.05, 0) is 26.7 Å². The third-order valence-corrected chi connectivity index (χ3v) is 6.78. The molecule has 0 aromatic carbocycles. The summed E-state index contributed by atoms with van der Waals surface area (Å²) in [5.74, 6) is 1.67. The molecule has 33 heavy (non-hydrogen) atoms. The second-order valence-electron chi connectivity index (χ2n) is 9.15. The zero-order valence-electron chi connectivity index (χ0n) is 19.0. The van der Waals surface area contributed by atoms with Gasteiger partial charge in [-0.3, -0.25) is 9.28 Å². The topological polar surface area (TPSA) is 142 Å². The maximum Gasteiger partial charge on any atom is 0.317 e. The van der Waals surface area contributed by atoms with Gasteiger partial charge in [0.1, 0.15) is 24.5 Å². The van der Waals surface area contributed by atoms with Gasteiger partial charge in [0.05, 0.1) is 24.6 Å². The van der Waals surface area contributed by atoms with E-state index in [1.165, 1.54) is 6.33 Å². The number of nitrogens with zero attached hydrogens (tertiary/aromatic N) is 7. The first-order valence-electron chi connectivity index (χ1n) is 11.3. The minimum atomic E-state index is -0.554. The summed E-state index contributed by atoms with van der Waals surface area (Å²) < 4.78 is 2.04. The Hall–Kier alpha value is -3.47. The quantitative estimate of drug-likeness (QED) is 0.531. The molecule has 5 rings (SSSR count). The van der Waals surface area contributed by atoms with Crippen LogP contribution in [-0.4, -0.2) is 71.5 Å². The van der Waals surface area contributed by atoms with E-state index in [4.69, 9.17) is 10.7 Å². The van der Waals surface area contributed by atoms with Crippen LogP contribution in [0.2, 0.25) is 0 Å². The smallest absolute Gasteiger partial charge is 0.317 e. The van der Waals surface area contributed by atoms with Gasteiger partial charge < -0.3 is 15.6 Å². The molecule has 0 radical (unpaired) electrons. The van der Waals surface area contributed by atoms with Gasteiger partial charge in [0, 0.05) is 25.4 Å². The molecule has 1 saturated heterocycles. The molecule has 3 aromatic rings.